The van der Waals surface area contributed by atoms with Gasteiger partial charge in [0, 0.05) is 18.6 Å². The summed E-state index contributed by atoms with van der Waals surface area (Å²) in [5, 5.41) is 0. The Morgan fingerprint density at radius 2 is 1.81 bits per heavy atom. The van der Waals surface area contributed by atoms with Gasteiger partial charge in [-0.3, -0.25) is 4.90 Å². The van der Waals surface area contributed by atoms with E-state index in [1.165, 1.54) is 50.6 Å². The molecule has 1 saturated heterocycles. The van der Waals surface area contributed by atoms with Gasteiger partial charge >= 0.3 is 0 Å². The lowest BCUT2D eigenvalue weighted by Crippen LogP contribution is -2.55. The van der Waals surface area contributed by atoms with Crippen molar-refractivity contribution in [3.05, 3.63) is 35.9 Å². The molecule has 2 N–H and O–H groups in total. The Morgan fingerprint density at radius 3 is 2.57 bits per heavy atom. The minimum Gasteiger partial charge on any atom is -0.329 e. The normalized spacial score (nSPS) is 29.6. The largest absolute Gasteiger partial charge is 0.329 e. The lowest BCUT2D eigenvalue weighted by atomic mass is 9.76. The second-order valence-corrected chi connectivity index (χ2v) is 6.99. The highest BCUT2D eigenvalue weighted by Crippen LogP contribution is 2.38. The van der Waals surface area contributed by atoms with Crippen molar-refractivity contribution >= 4 is 0 Å². The number of nitrogens with two attached hydrogens (primary N) is 1. The van der Waals surface area contributed by atoms with Gasteiger partial charge in [0.05, 0.1) is 0 Å². The summed E-state index contributed by atoms with van der Waals surface area (Å²) < 4.78 is 0. The molecule has 21 heavy (non-hydrogen) atoms. The van der Waals surface area contributed by atoms with Crippen LogP contribution in [0.1, 0.15) is 56.9 Å². The number of piperidine rings is 1. The van der Waals surface area contributed by atoms with Gasteiger partial charge in [-0.05, 0) is 49.6 Å². The molecule has 2 heteroatoms. The van der Waals surface area contributed by atoms with Crippen molar-refractivity contribution < 1.29 is 0 Å². The zero-order valence-electron chi connectivity index (χ0n) is 13.4. The fourth-order valence-electron chi connectivity index (χ4n) is 4.68. The Morgan fingerprint density at radius 1 is 1.10 bits per heavy atom. The number of hydrogen-bond donors (Lipinski definition) is 1. The Hall–Kier alpha value is -0.860. The molecule has 2 nitrogen and oxygen atoms in total. The second-order valence-electron chi connectivity index (χ2n) is 6.99. The molecule has 1 saturated carbocycles. The first-order chi connectivity index (χ1) is 10.3. The monoisotopic (exact) mass is 286 g/mol. The highest BCUT2D eigenvalue weighted by atomic mass is 15.2. The van der Waals surface area contributed by atoms with E-state index in [1.807, 2.05) is 0 Å². The van der Waals surface area contributed by atoms with Gasteiger partial charge in [0.25, 0.3) is 0 Å². The summed E-state index contributed by atoms with van der Waals surface area (Å²) in [5.74, 6) is 1.46. The molecule has 0 aromatic heterocycles. The van der Waals surface area contributed by atoms with E-state index in [0.717, 1.165) is 18.5 Å². The molecule has 2 fully saturated rings. The van der Waals surface area contributed by atoms with Crippen LogP contribution in [0.2, 0.25) is 0 Å². The molecule has 0 spiro atoms. The molecule has 1 aromatic carbocycles. The van der Waals surface area contributed by atoms with Crippen molar-refractivity contribution in [3.8, 4) is 0 Å². The molecular weight excluding hydrogens is 256 g/mol. The molecule has 3 rings (SSSR count). The van der Waals surface area contributed by atoms with Crippen LogP contribution in [-0.2, 0) is 0 Å². The first-order valence-electron chi connectivity index (χ1n) is 8.82. The van der Waals surface area contributed by atoms with Crippen LogP contribution in [0.3, 0.4) is 0 Å². The molecule has 2 aliphatic rings. The summed E-state index contributed by atoms with van der Waals surface area (Å²) in [5.41, 5.74) is 7.66. The third-order valence-corrected chi connectivity index (χ3v) is 5.86. The van der Waals surface area contributed by atoms with Crippen molar-refractivity contribution in [1.82, 2.24) is 4.90 Å². The van der Waals surface area contributed by atoms with Gasteiger partial charge in [-0.25, -0.2) is 0 Å². The zero-order chi connectivity index (χ0) is 14.7. The second kappa shape index (κ2) is 6.93. The minimum absolute atomic E-state index is 0.498. The predicted molar refractivity (Wildman–Crippen MR) is 89.4 cm³/mol. The van der Waals surface area contributed by atoms with Crippen LogP contribution in [0.4, 0.5) is 0 Å². The van der Waals surface area contributed by atoms with E-state index in [4.69, 9.17) is 5.73 Å². The molecule has 1 heterocycles. The molecular formula is C19H30N2. The first-order valence-corrected chi connectivity index (χ1v) is 8.82. The quantitative estimate of drug-likeness (QED) is 0.913. The Bertz CT molecular complexity index is 428. The Balaban J connectivity index is 1.78. The standard InChI is InChI=1S/C19H30N2/c1-15(16-8-3-2-4-9-16)19(14-20)21-13-7-11-17-10-5-6-12-18(17)21/h2-4,8-9,15,17-19H,5-7,10-14,20H2,1H3/t15?,17-,18-,19?/m1/s1. The SMILES string of the molecule is CC(c1ccccc1)C(CN)N1CCC[C@H]2CCCC[C@H]21. The summed E-state index contributed by atoms with van der Waals surface area (Å²) in [6, 6.07) is 12.2. The van der Waals surface area contributed by atoms with Gasteiger partial charge in [-0.15, -0.1) is 0 Å². The first kappa shape index (κ1) is 15.1. The maximum atomic E-state index is 6.22. The van der Waals surface area contributed by atoms with E-state index in [-0.39, 0.29) is 0 Å². The molecule has 0 radical (unpaired) electrons. The molecule has 2 unspecified atom stereocenters. The van der Waals surface area contributed by atoms with Crippen molar-refractivity contribution in [2.45, 2.75) is 63.5 Å². The lowest BCUT2D eigenvalue weighted by Gasteiger charge is -2.49. The van der Waals surface area contributed by atoms with Crippen LogP contribution in [0.15, 0.2) is 30.3 Å². The number of fused-ring (bicyclic) bond motifs is 1. The third-order valence-electron chi connectivity index (χ3n) is 5.86. The summed E-state index contributed by atoms with van der Waals surface area (Å²) >= 11 is 0. The van der Waals surface area contributed by atoms with Crippen LogP contribution in [0.25, 0.3) is 0 Å². The van der Waals surface area contributed by atoms with Gasteiger partial charge in [-0.2, -0.15) is 0 Å². The molecule has 1 aliphatic carbocycles. The van der Waals surface area contributed by atoms with Gasteiger partial charge in [0.2, 0.25) is 0 Å². The third kappa shape index (κ3) is 3.17. The summed E-state index contributed by atoms with van der Waals surface area (Å²) in [6.45, 7) is 4.39. The van der Waals surface area contributed by atoms with Crippen molar-refractivity contribution in [2.75, 3.05) is 13.1 Å². The summed E-state index contributed by atoms with van der Waals surface area (Å²) in [4.78, 5) is 2.78. The highest BCUT2D eigenvalue weighted by molar-refractivity contribution is 5.21. The Labute approximate surface area is 129 Å². The molecule has 0 bridgehead atoms. The number of hydrogen-bond acceptors (Lipinski definition) is 2. The van der Waals surface area contributed by atoms with E-state index in [2.05, 4.69) is 42.2 Å². The maximum Gasteiger partial charge on any atom is 0.0287 e. The number of rotatable bonds is 4. The number of benzene rings is 1. The van der Waals surface area contributed by atoms with Crippen LogP contribution in [0, 0.1) is 5.92 Å². The average Bonchev–Trinajstić information content (AvgIpc) is 2.56. The van der Waals surface area contributed by atoms with E-state index >= 15 is 0 Å². The average molecular weight is 286 g/mol. The fourth-order valence-corrected chi connectivity index (χ4v) is 4.68. The van der Waals surface area contributed by atoms with Crippen LogP contribution < -0.4 is 5.73 Å². The molecule has 116 valence electrons. The fraction of sp³-hybridized carbons (Fsp3) is 0.684. The number of likely N-dealkylation sites (tertiary alicyclic amines) is 1. The van der Waals surface area contributed by atoms with Gasteiger partial charge in [0.15, 0.2) is 0 Å². The van der Waals surface area contributed by atoms with Crippen molar-refractivity contribution in [3.63, 3.8) is 0 Å². The maximum absolute atomic E-state index is 6.22. The molecule has 4 atom stereocenters. The summed E-state index contributed by atoms with van der Waals surface area (Å²) in [7, 11) is 0. The smallest absolute Gasteiger partial charge is 0.0287 e. The summed E-state index contributed by atoms with van der Waals surface area (Å²) in [6.07, 6.45) is 8.49. The van der Waals surface area contributed by atoms with Gasteiger partial charge in [-0.1, -0.05) is 50.1 Å². The van der Waals surface area contributed by atoms with Crippen LogP contribution in [-0.4, -0.2) is 30.1 Å². The van der Waals surface area contributed by atoms with E-state index in [1.54, 1.807) is 0 Å². The van der Waals surface area contributed by atoms with E-state index < -0.39 is 0 Å². The predicted octanol–water partition coefficient (Wildman–Crippen LogP) is 3.77. The number of nitrogens with zero attached hydrogens (tertiary/aromatic N) is 1. The van der Waals surface area contributed by atoms with E-state index in [9.17, 15) is 0 Å². The van der Waals surface area contributed by atoms with Crippen molar-refractivity contribution in [2.24, 2.45) is 11.7 Å². The minimum atomic E-state index is 0.498. The molecule has 0 amide bonds. The van der Waals surface area contributed by atoms with Crippen LogP contribution >= 0.6 is 0 Å². The lowest BCUT2D eigenvalue weighted by molar-refractivity contribution is 0.0209. The molecule has 1 aliphatic heterocycles. The molecule has 1 aromatic rings. The van der Waals surface area contributed by atoms with Gasteiger partial charge < -0.3 is 5.73 Å². The topological polar surface area (TPSA) is 29.3 Å². The highest BCUT2D eigenvalue weighted by Gasteiger charge is 2.37. The Kier molecular flexibility index (Phi) is 4.97. The van der Waals surface area contributed by atoms with Gasteiger partial charge in [0.1, 0.15) is 0 Å². The van der Waals surface area contributed by atoms with Crippen molar-refractivity contribution in [1.29, 1.82) is 0 Å². The van der Waals surface area contributed by atoms with E-state index in [0.29, 0.717) is 12.0 Å². The van der Waals surface area contributed by atoms with Crippen LogP contribution in [0.5, 0.6) is 0 Å². The zero-order valence-corrected chi connectivity index (χ0v) is 13.4.